The number of hydrogen-bond acceptors (Lipinski definition) is 8. The van der Waals surface area contributed by atoms with Gasteiger partial charge in [0.1, 0.15) is 17.7 Å². The van der Waals surface area contributed by atoms with Gasteiger partial charge in [-0.15, -0.1) is 11.8 Å². The number of carbonyl (C=O) groups is 1. The van der Waals surface area contributed by atoms with Gasteiger partial charge in [0.2, 0.25) is 0 Å². The van der Waals surface area contributed by atoms with Gasteiger partial charge in [0.05, 0.1) is 11.3 Å². The van der Waals surface area contributed by atoms with Crippen LogP contribution in [-0.2, 0) is 4.79 Å². The number of aliphatic imine (C=N–C) groups is 1. The second kappa shape index (κ2) is 8.07. The molecule has 3 rings (SSSR count). The molecule has 26 heavy (non-hydrogen) atoms. The lowest BCUT2D eigenvalue weighted by molar-refractivity contribution is -0.117. The molecule has 0 aliphatic heterocycles. The Morgan fingerprint density at radius 2 is 2.38 bits per heavy atom. The maximum absolute atomic E-state index is 13.4. The third-order valence-electron chi connectivity index (χ3n) is 3.90. The van der Waals surface area contributed by atoms with Crippen molar-refractivity contribution in [1.29, 1.82) is 5.26 Å². The van der Waals surface area contributed by atoms with Crippen molar-refractivity contribution in [1.82, 2.24) is 15.8 Å². The zero-order chi connectivity index (χ0) is 18.5. The van der Waals surface area contributed by atoms with Gasteiger partial charge >= 0.3 is 0 Å². The summed E-state index contributed by atoms with van der Waals surface area (Å²) >= 11 is 1.35. The Hall–Kier alpha value is -2.77. The van der Waals surface area contributed by atoms with Crippen LogP contribution in [0.25, 0.3) is 0 Å². The SMILES string of the molecule is N#Cc1cc(N=C(NO)c2nonc2SC[C@@H]2CCC(=O)C2)ccc1F. The minimum Gasteiger partial charge on any atom is -0.300 e. The highest BCUT2D eigenvalue weighted by Gasteiger charge is 2.24. The van der Waals surface area contributed by atoms with Gasteiger partial charge < -0.3 is 0 Å². The van der Waals surface area contributed by atoms with Crippen LogP contribution in [0, 0.1) is 23.1 Å². The number of benzene rings is 1. The summed E-state index contributed by atoms with van der Waals surface area (Å²) < 4.78 is 18.1. The van der Waals surface area contributed by atoms with E-state index in [0.717, 1.165) is 12.5 Å². The molecule has 2 aromatic rings. The molecule has 1 fully saturated rings. The molecule has 1 aliphatic carbocycles. The summed E-state index contributed by atoms with van der Waals surface area (Å²) in [5, 5.41) is 26.2. The first-order valence-electron chi connectivity index (χ1n) is 7.76. The predicted molar refractivity (Wildman–Crippen MR) is 89.6 cm³/mol. The van der Waals surface area contributed by atoms with E-state index in [9.17, 15) is 14.4 Å². The number of nitrogens with one attached hydrogen (secondary N) is 1. The number of hydroxylamine groups is 1. The molecule has 0 bridgehead atoms. The Morgan fingerprint density at radius 1 is 1.54 bits per heavy atom. The number of halogens is 1. The summed E-state index contributed by atoms with van der Waals surface area (Å²) in [7, 11) is 0. The van der Waals surface area contributed by atoms with Crippen molar-refractivity contribution in [2.75, 3.05) is 5.75 Å². The van der Waals surface area contributed by atoms with Crippen molar-refractivity contribution >= 4 is 29.1 Å². The maximum atomic E-state index is 13.4. The first kappa shape index (κ1) is 18.0. The van der Waals surface area contributed by atoms with Gasteiger partial charge in [0.15, 0.2) is 16.6 Å². The van der Waals surface area contributed by atoms with Gasteiger partial charge in [-0.25, -0.2) is 14.0 Å². The zero-order valence-electron chi connectivity index (χ0n) is 13.5. The molecule has 0 unspecified atom stereocenters. The van der Waals surface area contributed by atoms with Crippen molar-refractivity contribution in [3.05, 3.63) is 35.3 Å². The Bertz CT molecular complexity index is 892. The van der Waals surface area contributed by atoms with Crippen LogP contribution in [0.5, 0.6) is 0 Å². The quantitative estimate of drug-likeness (QED) is 0.354. The summed E-state index contributed by atoms with van der Waals surface area (Å²) in [4.78, 5) is 15.5. The van der Waals surface area contributed by atoms with Crippen molar-refractivity contribution in [3.63, 3.8) is 0 Å². The number of amidine groups is 1. The molecule has 1 aromatic carbocycles. The molecule has 1 heterocycles. The molecule has 8 nitrogen and oxygen atoms in total. The van der Waals surface area contributed by atoms with Crippen LogP contribution in [0.1, 0.15) is 30.5 Å². The van der Waals surface area contributed by atoms with E-state index in [1.54, 1.807) is 6.07 Å². The first-order chi connectivity index (χ1) is 12.6. The van der Waals surface area contributed by atoms with Gasteiger partial charge in [-0.05, 0) is 40.9 Å². The minimum atomic E-state index is -0.657. The fourth-order valence-corrected chi connectivity index (χ4v) is 3.61. The number of hydrogen-bond donors (Lipinski definition) is 2. The number of carbonyl (C=O) groups excluding carboxylic acids is 1. The largest absolute Gasteiger partial charge is 0.300 e. The first-order valence-corrected chi connectivity index (χ1v) is 8.75. The second-order valence-electron chi connectivity index (χ2n) is 5.72. The van der Waals surface area contributed by atoms with E-state index >= 15 is 0 Å². The molecule has 1 aliphatic rings. The number of nitriles is 1. The molecule has 0 radical (unpaired) electrons. The van der Waals surface area contributed by atoms with Crippen LogP contribution in [0.2, 0.25) is 0 Å². The van der Waals surface area contributed by atoms with Crippen molar-refractivity contribution in [2.45, 2.75) is 24.3 Å². The van der Waals surface area contributed by atoms with Crippen molar-refractivity contribution in [3.8, 4) is 6.07 Å². The van der Waals surface area contributed by atoms with Gasteiger partial charge in [-0.2, -0.15) is 5.26 Å². The standard InChI is InChI=1S/C16H14FN5O3S/c17-13-4-2-11(6-10(13)7-18)19-15(20-24)14-16(22-25-21-14)26-8-9-1-3-12(23)5-9/h2,4,6,9,24H,1,3,5,8H2,(H,19,20)/t9-/m1/s1. The number of aromatic nitrogens is 2. The third-order valence-corrected chi connectivity index (χ3v) is 5.08. The summed E-state index contributed by atoms with van der Waals surface area (Å²) in [6, 6.07) is 5.44. The smallest absolute Gasteiger partial charge is 0.186 e. The average molecular weight is 375 g/mol. The predicted octanol–water partition coefficient (Wildman–Crippen LogP) is 2.60. The van der Waals surface area contributed by atoms with Gasteiger partial charge in [-0.3, -0.25) is 15.5 Å². The maximum Gasteiger partial charge on any atom is 0.186 e. The Morgan fingerprint density at radius 3 is 3.08 bits per heavy atom. The molecule has 10 heteroatoms. The van der Waals surface area contributed by atoms with Crippen molar-refractivity contribution in [2.24, 2.45) is 10.9 Å². The normalized spacial score (nSPS) is 17.3. The minimum absolute atomic E-state index is 0.0493. The van der Waals surface area contributed by atoms with Crippen LogP contribution >= 0.6 is 11.8 Å². The Kier molecular flexibility index (Phi) is 5.60. The molecule has 0 amide bonds. The molecule has 134 valence electrons. The molecule has 1 saturated carbocycles. The number of ketones is 1. The lowest BCUT2D eigenvalue weighted by Gasteiger charge is -2.06. The van der Waals surface area contributed by atoms with Crippen LogP contribution < -0.4 is 5.48 Å². The topological polar surface area (TPSA) is 124 Å². The van der Waals surface area contributed by atoms with Gasteiger partial charge in [0, 0.05) is 18.6 Å². The lowest BCUT2D eigenvalue weighted by Crippen LogP contribution is -2.21. The number of nitrogens with zero attached hydrogens (tertiary/aromatic N) is 4. The molecule has 0 saturated heterocycles. The fourth-order valence-electron chi connectivity index (χ4n) is 2.58. The van der Waals surface area contributed by atoms with E-state index in [1.807, 2.05) is 5.48 Å². The lowest BCUT2D eigenvalue weighted by atomic mass is 10.1. The molecular weight excluding hydrogens is 361 g/mol. The average Bonchev–Trinajstić information content (AvgIpc) is 3.28. The summed E-state index contributed by atoms with van der Waals surface area (Å²) in [5.74, 6) is 0.496. The molecule has 1 atom stereocenters. The molecule has 2 N–H and O–H groups in total. The fraction of sp³-hybridized carbons (Fsp3) is 0.312. The monoisotopic (exact) mass is 375 g/mol. The zero-order valence-corrected chi connectivity index (χ0v) is 14.3. The van der Waals surface area contributed by atoms with Crippen LogP contribution in [-0.4, -0.2) is 32.9 Å². The van der Waals surface area contributed by atoms with Crippen LogP contribution in [0.3, 0.4) is 0 Å². The van der Waals surface area contributed by atoms with Gasteiger partial charge in [0.25, 0.3) is 0 Å². The van der Waals surface area contributed by atoms with E-state index in [1.165, 1.54) is 23.9 Å². The van der Waals surface area contributed by atoms with Crippen LogP contribution in [0.4, 0.5) is 10.1 Å². The highest BCUT2D eigenvalue weighted by atomic mass is 32.2. The van der Waals surface area contributed by atoms with E-state index in [-0.39, 0.29) is 34.5 Å². The highest BCUT2D eigenvalue weighted by molar-refractivity contribution is 7.99. The highest BCUT2D eigenvalue weighted by Crippen LogP contribution is 2.30. The van der Waals surface area contributed by atoms with E-state index < -0.39 is 5.82 Å². The molecule has 1 aromatic heterocycles. The van der Waals surface area contributed by atoms with Crippen molar-refractivity contribution < 1.29 is 19.0 Å². The third kappa shape index (κ3) is 4.07. The Labute approximate surface area is 152 Å². The second-order valence-corrected chi connectivity index (χ2v) is 6.73. The van der Waals surface area contributed by atoms with Gasteiger partial charge in [-0.1, -0.05) is 0 Å². The van der Waals surface area contributed by atoms with E-state index in [0.29, 0.717) is 23.6 Å². The summed E-state index contributed by atoms with van der Waals surface area (Å²) in [6.07, 6.45) is 2.00. The molecular formula is C16H14FN5O3S. The number of Topliss-reactive ketones (excluding diaryl/α,β-unsaturated/α-hetero) is 1. The van der Waals surface area contributed by atoms with E-state index in [4.69, 9.17) is 9.89 Å². The number of thioether (sulfide) groups is 1. The van der Waals surface area contributed by atoms with E-state index in [2.05, 4.69) is 15.3 Å². The number of rotatable bonds is 5. The summed E-state index contributed by atoms with van der Waals surface area (Å²) in [5.41, 5.74) is 2.19. The van der Waals surface area contributed by atoms with Crippen LogP contribution in [0.15, 0.2) is 32.8 Å². The molecule has 0 spiro atoms. The summed E-state index contributed by atoms with van der Waals surface area (Å²) in [6.45, 7) is 0. The Balaban J connectivity index is 1.79.